The van der Waals surface area contributed by atoms with Gasteiger partial charge in [-0.05, 0) is 69.5 Å². The van der Waals surface area contributed by atoms with Crippen LogP contribution < -0.4 is 4.74 Å². The second-order valence-electron chi connectivity index (χ2n) is 9.53. The molecule has 1 amide bonds. The molecular weight excluding hydrogens is 388 g/mol. The minimum absolute atomic E-state index is 0.0487. The first kappa shape index (κ1) is 20.8. The van der Waals surface area contributed by atoms with Gasteiger partial charge in [-0.15, -0.1) is 0 Å². The Kier molecular flexibility index (Phi) is 5.89. The number of carbonyl (C=O) groups excluding carboxylic acids is 1. The lowest BCUT2D eigenvalue weighted by atomic mass is 9.76. The van der Waals surface area contributed by atoms with Gasteiger partial charge in [0, 0.05) is 31.1 Å². The molecule has 2 saturated heterocycles. The van der Waals surface area contributed by atoms with Gasteiger partial charge in [-0.25, -0.2) is 0 Å². The molecular formula is C26H34N2O3. The third-order valence-corrected chi connectivity index (χ3v) is 7.71. The van der Waals surface area contributed by atoms with E-state index in [0.29, 0.717) is 6.04 Å². The van der Waals surface area contributed by atoms with E-state index < -0.39 is 0 Å². The quantitative estimate of drug-likeness (QED) is 0.723. The summed E-state index contributed by atoms with van der Waals surface area (Å²) in [5, 5.41) is 2.18. The van der Waals surface area contributed by atoms with Gasteiger partial charge in [0.25, 0.3) is 5.91 Å². The predicted octanol–water partition coefficient (Wildman–Crippen LogP) is 4.24. The normalized spacial score (nSPS) is 28.9. The van der Waals surface area contributed by atoms with E-state index in [-0.39, 0.29) is 24.2 Å². The van der Waals surface area contributed by atoms with E-state index in [2.05, 4.69) is 17.0 Å². The fourth-order valence-electron chi connectivity index (χ4n) is 5.98. The molecule has 5 heteroatoms. The summed E-state index contributed by atoms with van der Waals surface area (Å²) in [7, 11) is 1.97. The number of carbonyl (C=O) groups is 1. The largest absolute Gasteiger partial charge is 0.483 e. The molecule has 0 unspecified atom stereocenters. The molecule has 1 saturated carbocycles. The summed E-state index contributed by atoms with van der Waals surface area (Å²) in [6.07, 6.45) is 8.00. The van der Waals surface area contributed by atoms with Gasteiger partial charge < -0.3 is 14.4 Å². The highest BCUT2D eigenvalue weighted by Gasteiger charge is 2.47. The number of likely N-dealkylation sites (tertiary alicyclic amines) is 1. The Bertz CT molecular complexity index is 913. The van der Waals surface area contributed by atoms with Gasteiger partial charge in [0.1, 0.15) is 5.75 Å². The molecule has 1 aliphatic carbocycles. The zero-order valence-corrected chi connectivity index (χ0v) is 18.6. The molecule has 0 aromatic heterocycles. The number of hydrogen-bond acceptors (Lipinski definition) is 4. The van der Waals surface area contributed by atoms with Crippen molar-refractivity contribution in [3.8, 4) is 5.75 Å². The van der Waals surface area contributed by atoms with Crippen molar-refractivity contribution in [3.63, 3.8) is 0 Å². The Morgan fingerprint density at radius 1 is 1.13 bits per heavy atom. The van der Waals surface area contributed by atoms with Crippen molar-refractivity contribution >= 4 is 16.7 Å². The fourth-order valence-corrected chi connectivity index (χ4v) is 5.98. The van der Waals surface area contributed by atoms with Crippen LogP contribution in [-0.4, -0.2) is 66.7 Å². The molecule has 2 aliphatic heterocycles. The third kappa shape index (κ3) is 4.18. The van der Waals surface area contributed by atoms with Crippen molar-refractivity contribution < 1.29 is 14.3 Å². The monoisotopic (exact) mass is 422 g/mol. The maximum Gasteiger partial charge on any atom is 0.260 e. The van der Waals surface area contributed by atoms with Crippen LogP contribution in [0.2, 0.25) is 0 Å². The smallest absolute Gasteiger partial charge is 0.260 e. The number of benzene rings is 2. The number of fused-ring (bicyclic) bond motifs is 1. The van der Waals surface area contributed by atoms with Crippen LogP contribution in [0.1, 0.15) is 44.9 Å². The highest BCUT2D eigenvalue weighted by Crippen LogP contribution is 2.43. The molecule has 5 rings (SSSR count). The maximum atomic E-state index is 13.2. The van der Waals surface area contributed by atoms with Crippen LogP contribution in [0, 0.1) is 0 Å². The average Bonchev–Trinajstić information content (AvgIpc) is 3.50. The Morgan fingerprint density at radius 3 is 2.74 bits per heavy atom. The van der Waals surface area contributed by atoms with Gasteiger partial charge >= 0.3 is 0 Å². The molecule has 0 bridgehead atoms. The second-order valence-corrected chi connectivity index (χ2v) is 9.53. The summed E-state index contributed by atoms with van der Waals surface area (Å²) < 4.78 is 12.3. The molecule has 0 radical (unpaired) electrons. The highest BCUT2D eigenvalue weighted by atomic mass is 16.5. The van der Waals surface area contributed by atoms with Crippen molar-refractivity contribution in [2.75, 3.05) is 33.4 Å². The molecule has 1 spiro atoms. The van der Waals surface area contributed by atoms with E-state index in [9.17, 15) is 4.79 Å². The maximum absolute atomic E-state index is 13.2. The van der Waals surface area contributed by atoms with Crippen molar-refractivity contribution in [1.82, 2.24) is 9.80 Å². The lowest BCUT2D eigenvalue weighted by Crippen LogP contribution is -2.58. The van der Waals surface area contributed by atoms with Crippen LogP contribution >= 0.6 is 0 Å². The molecule has 2 aromatic rings. The molecule has 166 valence electrons. The lowest BCUT2D eigenvalue weighted by Gasteiger charge is -2.48. The SMILES string of the molecule is CN(C(=O)COc1cccc2ccccc12)[C@@H]1CC[C@@]2(CCCO2)C[C@H]1N1CCCC1. The van der Waals surface area contributed by atoms with E-state index >= 15 is 0 Å². The van der Waals surface area contributed by atoms with E-state index in [4.69, 9.17) is 9.47 Å². The number of rotatable bonds is 5. The summed E-state index contributed by atoms with van der Waals surface area (Å²) in [5.41, 5.74) is 0.0487. The molecule has 0 N–H and O–H groups in total. The van der Waals surface area contributed by atoms with Crippen LogP contribution in [-0.2, 0) is 9.53 Å². The standard InChI is InChI=1S/C26H34N2O3/c1-27(25(29)19-30-24-11-6-9-20-8-2-3-10-21(20)24)22-12-14-26(13-7-17-31-26)18-23(22)28-15-4-5-16-28/h2-3,6,8-11,22-23H,4-5,7,12-19H2,1H3/t22-,23-,26+/m1/s1. The Labute approximate surface area is 185 Å². The Hall–Kier alpha value is -2.11. The summed E-state index contributed by atoms with van der Waals surface area (Å²) in [6.45, 7) is 3.26. The van der Waals surface area contributed by atoms with Crippen LogP contribution in [0.5, 0.6) is 5.75 Å². The van der Waals surface area contributed by atoms with Crippen molar-refractivity contribution in [2.45, 2.75) is 62.6 Å². The number of amides is 1. The van der Waals surface area contributed by atoms with E-state index in [1.54, 1.807) is 0 Å². The zero-order valence-electron chi connectivity index (χ0n) is 18.6. The molecule has 2 heterocycles. The molecule has 2 aromatic carbocycles. The van der Waals surface area contributed by atoms with E-state index in [1.807, 2.05) is 42.3 Å². The van der Waals surface area contributed by atoms with Crippen LogP contribution in [0.15, 0.2) is 42.5 Å². The topological polar surface area (TPSA) is 42.0 Å². The highest BCUT2D eigenvalue weighted by molar-refractivity contribution is 5.88. The lowest BCUT2D eigenvalue weighted by molar-refractivity contribution is -0.139. The van der Waals surface area contributed by atoms with Gasteiger partial charge in [-0.3, -0.25) is 9.69 Å². The summed E-state index contributed by atoms with van der Waals surface area (Å²) in [4.78, 5) is 17.8. The third-order valence-electron chi connectivity index (χ3n) is 7.71. The first-order chi connectivity index (χ1) is 15.2. The summed E-state index contributed by atoms with van der Waals surface area (Å²) in [5.74, 6) is 0.836. The number of hydrogen-bond donors (Lipinski definition) is 0. The predicted molar refractivity (Wildman–Crippen MR) is 122 cm³/mol. The van der Waals surface area contributed by atoms with Gasteiger partial charge in [-0.1, -0.05) is 36.4 Å². The van der Waals surface area contributed by atoms with Crippen LogP contribution in [0.3, 0.4) is 0 Å². The summed E-state index contributed by atoms with van der Waals surface area (Å²) >= 11 is 0. The van der Waals surface area contributed by atoms with Crippen molar-refractivity contribution in [1.29, 1.82) is 0 Å². The van der Waals surface area contributed by atoms with Gasteiger partial charge in [-0.2, -0.15) is 0 Å². The minimum Gasteiger partial charge on any atom is -0.483 e. The van der Waals surface area contributed by atoms with Crippen LogP contribution in [0.4, 0.5) is 0 Å². The molecule has 3 atom stereocenters. The fraction of sp³-hybridized carbons (Fsp3) is 0.577. The van der Waals surface area contributed by atoms with Crippen molar-refractivity contribution in [3.05, 3.63) is 42.5 Å². The zero-order chi connectivity index (χ0) is 21.3. The van der Waals surface area contributed by atoms with Gasteiger partial charge in [0.05, 0.1) is 5.60 Å². The van der Waals surface area contributed by atoms with Crippen molar-refractivity contribution in [2.24, 2.45) is 0 Å². The van der Waals surface area contributed by atoms with E-state index in [0.717, 1.165) is 55.5 Å². The number of nitrogens with zero attached hydrogens (tertiary/aromatic N) is 2. The molecule has 5 nitrogen and oxygen atoms in total. The first-order valence-corrected chi connectivity index (χ1v) is 11.9. The van der Waals surface area contributed by atoms with Gasteiger partial charge in [0.15, 0.2) is 6.61 Å². The molecule has 31 heavy (non-hydrogen) atoms. The summed E-state index contributed by atoms with van der Waals surface area (Å²) in [6, 6.07) is 14.8. The number of ether oxygens (including phenoxy) is 2. The molecule has 3 fully saturated rings. The molecule has 3 aliphatic rings. The average molecular weight is 423 g/mol. The van der Waals surface area contributed by atoms with Crippen LogP contribution in [0.25, 0.3) is 10.8 Å². The minimum atomic E-state index is 0.0487. The number of likely N-dealkylation sites (N-methyl/N-ethyl adjacent to an activating group) is 1. The second kappa shape index (κ2) is 8.79. The Morgan fingerprint density at radius 2 is 1.94 bits per heavy atom. The van der Waals surface area contributed by atoms with E-state index in [1.165, 1.54) is 25.7 Å². The first-order valence-electron chi connectivity index (χ1n) is 11.9. The van der Waals surface area contributed by atoms with Gasteiger partial charge in [0.2, 0.25) is 0 Å². The Balaban J connectivity index is 1.28.